The summed E-state index contributed by atoms with van der Waals surface area (Å²) in [5.74, 6) is -0.149. The molecule has 0 fully saturated rings. The molecule has 1 aromatic carbocycles. The van der Waals surface area contributed by atoms with Crippen molar-refractivity contribution in [2.45, 2.75) is 33.6 Å². The quantitative estimate of drug-likeness (QED) is 0.622. The second kappa shape index (κ2) is 8.77. The lowest BCUT2D eigenvalue weighted by Gasteiger charge is -2.12. The third kappa shape index (κ3) is 4.34. The van der Waals surface area contributed by atoms with Crippen LogP contribution in [-0.4, -0.2) is 40.3 Å². The Hall–Kier alpha value is -2.73. The van der Waals surface area contributed by atoms with Gasteiger partial charge in [0.2, 0.25) is 0 Å². The van der Waals surface area contributed by atoms with Crippen LogP contribution in [0.3, 0.4) is 0 Å². The van der Waals surface area contributed by atoms with Gasteiger partial charge < -0.3 is 10.1 Å². The summed E-state index contributed by atoms with van der Waals surface area (Å²) in [6.07, 6.45) is 3.17. The summed E-state index contributed by atoms with van der Waals surface area (Å²) in [6, 6.07) is 10.3. The van der Waals surface area contributed by atoms with Gasteiger partial charge in [-0.3, -0.25) is 4.79 Å². The number of fused-ring (bicyclic) bond motifs is 1. The van der Waals surface area contributed by atoms with Gasteiger partial charge in [0.15, 0.2) is 5.65 Å². The Balaban J connectivity index is 1.81. The van der Waals surface area contributed by atoms with E-state index in [2.05, 4.69) is 27.5 Å². The molecule has 0 atom stereocenters. The number of nitrogens with zero attached hydrogens (tertiary/aromatic N) is 3. The summed E-state index contributed by atoms with van der Waals surface area (Å²) in [5, 5.41) is 7.33. The number of aromatic nitrogens is 3. The van der Waals surface area contributed by atoms with Crippen LogP contribution in [0.25, 0.3) is 5.65 Å². The Morgan fingerprint density at radius 1 is 1.22 bits per heavy atom. The first-order chi connectivity index (χ1) is 13.1. The number of rotatable bonds is 8. The number of nitrogens with one attached hydrogen (secondary N) is 1. The third-order valence-electron chi connectivity index (χ3n) is 4.63. The fourth-order valence-corrected chi connectivity index (χ4v) is 3.14. The molecule has 0 saturated heterocycles. The van der Waals surface area contributed by atoms with Crippen molar-refractivity contribution in [3.05, 3.63) is 64.6 Å². The molecule has 2 aromatic heterocycles. The summed E-state index contributed by atoms with van der Waals surface area (Å²) < 4.78 is 7.05. The Morgan fingerprint density at radius 3 is 2.74 bits per heavy atom. The van der Waals surface area contributed by atoms with Crippen molar-refractivity contribution in [1.82, 2.24) is 19.9 Å². The second-order valence-electron chi connectivity index (χ2n) is 6.52. The molecule has 3 rings (SSSR count). The van der Waals surface area contributed by atoms with E-state index in [9.17, 15) is 4.79 Å². The van der Waals surface area contributed by atoms with E-state index in [-0.39, 0.29) is 5.91 Å². The Bertz CT molecular complexity index is 919. The zero-order valence-electron chi connectivity index (χ0n) is 16.2. The topological polar surface area (TPSA) is 68.5 Å². The lowest BCUT2D eigenvalue weighted by Crippen LogP contribution is -2.25. The molecule has 2 heterocycles. The van der Waals surface area contributed by atoms with Crippen LogP contribution in [0.1, 0.15) is 46.2 Å². The zero-order valence-corrected chi connectivity index (χ0v) is 16.2. The number of carbonyl (C=O) groups excluding carboxylic acids is 1. The molecule has 142 valence electrons. The molecule has 0 unspecified atom stereocenters. The number of amides is 1. The van der Waals surface area contributed by atoms with Gasteiger partial charge in [0.05, 0.1) is 6.20 Å². The average Bonchev–Trinajstić information content (AvgIpc) is 3.09. The highest BCUT2D eigenvalue weighted by molar-refractivity contribution is 5.99. The molecule has 6 heteroatoms. The van der Waals surface area contributed by atoms with Crippen LogP contribution >= 0.6 is 0 Å². The highest BCUT2D eigenvalue weighted by atomic mass is 16.5. The number of carbonyl (C=O) groups is 1. The largest absolute Gasteiger partial charge is 0.382 e. The van der Waals surface area contributed by atoms with Crippen molar-refractivity contribution < 1.29 is 9.53 Å². The number of hydrogen-bond acceptors (Lipinski definition) is 4. The molecule has 1 N–H and O–H groups in total. The van der Waals surface area contributed by atoms with Crippen LogP contribution in [-0.2, 0) is 11.2 Å². The molecule has 27 heavy (non-hydrogen) atoms. The molecule has 0 aliphatic carbocycles. The number of aryl methyl sites for hydroxylation is 2. The fraction of sp³-hybridized carbons (Fsp3) is 0.381. The number of ether oxygens (including phenoxy) is 1. The molecule has 0 saturated carbocycles. The standard InChI is InChI=1S/C21H26N4O2/c1-4-27-12-8-11-22-21(26)19-14-23-25-16(3)18(15(2)24-20(19)25)13-17-9-6-5-7-10-17/h5-7,9-10,14H,4,8,11-13H2,1-3H3,(H,22,26). The van der Waals surface area contributed by atoms with Crippen LogP contribution in [0.15, 0.2) is 36.5 Å². The lowest BCUT2D eigenvalue weighted by atomic mass is 10.0. The SMILES string of the molecule is CCOCCCNC(=O)c1cnn2c(C)c(Cc3ccccc3)c(C)nc12. The first kappa shape index (κ1) is 19.0. The zero-order chi connectivity index (χ0) is 19.2. The molecule has 0 aliphatic heterocycles. The van der Waals surface area contributed by atoms with Crippen LogP contribution in [0.4, 0.5) is 0 Å². The summed E-state index contributed by atoms with van der Waals surface area (Å²) in [6.45, 7) is 7.87. The van der Waals surface area contributed by atoms with E-state index in [0.717, 1.165) is 29.8 Å². The lowest BCUT2D eigenvalue weighted by molar-refractivity contribution is 0.0945. The van der Waals surface area contributed by atoms with Crippen molar-refractivity contribution in [3.8, 4) is 0 Å². The van der Waals surface area contributed by atoms with Gasteiger partial charge in [0, 0.05) is 37.6 Å². The van der Waals surface area contributed by atoms with Gasteiger partial charge in [-0.05, 0) is 38.3 Å². The van der Waals surface area contributed by atoms with Crippen LogP contribution in [0, 0.1) is 13.8 Å². The Kier molecular flexibility index (Phi) is 6.19. The van der Waals surface area contributed by atoms with Crippen molar-refractivity contribution in [1.29, 1.82) is 0 Å². The first-order valence-electron chi connectivity index (χ1n) is 9.35. The first-order valence-corrected chi connectivity index (χ1v) is 9.35. The smallest absolute Gasteiger partial charge is 0.256 e. The fourth-order valence-electron chi connectivity index (χ4n) is 3.14. The van der Waals surface area contributed by atoms with Crippen molar-refractivity contribution in [2.75, 3.05) is 19.8 Å². The van der Waals surface area contributed by atoms with Crippen LogP contribution in [0.5, 0.6) is 0 Å². The van der Waals surface area contributed by atoms with Gasteiger partial charge in [-0.25, -0.2) is 9.50 Å². The molecular weight excluding hydrogens is 340 g/mol. The van der Waals surface area contributed by atoms with Gasteiger partial charge in [0.25, 0.3) is 5.91 Å². The Labute approximate surface area is 159 Å². The summed E-state index contributed by atoms with van der Waals surface area (Å²) >= 11 is 0. The Morgan fingerprint density at radius 2 is 2.00 bits per heavy atom. The molecule has 0 radical (unpaired) electrons. The number of benzene rings is 1. The molecule has 3 aromatic rings. The summed E-state index contributed by atoms with van der Waals surface area (Å²) in [4.78, 5) is 17.2. The van der Waals surface area contributed by atoms with Crippen molar-refractivity contribution in [3.63, 3.8) is 0 Å². The van der Waals surface area contributed by atoms with Crippen molar-refractivity contribution >= 4 is 11.6 Å². The molecule has 1 amide bonds. The maximum absolute atomic E-state index is 12.5. The normalized spacial score (nSPS) is 11.1. The monoisotopic (exact) mass is 366 g/mol. The average molecular weight is 366 g/mol. The molecular formula is C21H26N4O2. The molecule has 0 aliphatic rings. The minimum atomic E-state index is -0.149. The van der Waals surface area contributed by atoms with E-state index in [0.29, 0.717) is 31.0 Å². The third-order valence-corrected chi connectivity index (χ3v) is 4.63. The van der Waals surface area contributed by atoms with E-state index in [4.69, 9.17) is 4.74 Å². The predicted octanol–water partition coefficient (Wildman–Crippen LogP) is 3.09. The second-order valence-corrected chi connectivity index (χ2v) is 6.52. The molecule has 6 nitrogen and oxygen atoms in total. The van der Waals surface area contributed by atoms with Gasteiger partial charge in [-0.1, -0.05) is 30.3 Å². The van der Waals surface area contributed by atoms with E-state index in [1.165, 1.54) is 5.56 Å². The maximum Gasteiger partial charge on any atom is 0.256 e. The maximum atomic E-state index is 12.5. The van der Waals surface area contributed by atoms with Crippen LogP contribution < -0.4 is 5.32 Å². The minimum Gasteiger partial charge on any atom is -0.382 e. The highest BCUT2D eigenvalue weighted by Gasteiger charge is 2.18. The highest BCUT2D eigenvalue weighted by Crippen LogP contribution is 2.20. The molecule has 0 spiro atoms. The summed E-state index contributed by atoms with van der Waals surface area (Å²) in [5.41, 5.74) is 5.41. The number of hydrogen-bond donors (Lipinski definition) is 1. The van der Waals surface area contributed by atoms with E-state index in [1.807, 2.05) is 39.0 Å². The minimum absolute atomic E-state index is 0.149. The summed E-state index contributed by atoms with van der Waals surface area (Å²) in [7, 11) is 0. The van der Waals surface area contributed by atoms with Gasteiger partial charge in [0.1, 0.15) is 5.56 Å². The van der Waals surface area contributed by atoms with Crippen LogP contribution in [0.2, 0.25) is 0 Å². The van der Waals surface area contributed by atoms with Gasteiger partial charge in [-0.2, -0.15) is 5.10 Å². The van der Waals surface area contributed by atoms with Gasteiger partial charge >= 0.3 is 0 Å². The van der Waals surface area contributed by atoms with Gasteiger partial charge in [-0.15, -0.1) is 0 Å². The van der Waals surface area contributed by atoms with E-state index < -0.39 is 0 Å². The van der Waals surface area contributed by atoms with E-state index >= 15 is 0 Å². The van der Waals surface area contributed by atoms with Crippen molar-refractivity contribution in [2.24, 2.45) is 0 Å². The van der Waals surface area contributed by atoms with E-state index in [1.54, 1.807) is 10.7 Å². The predicted molar refractivity (Wildman–Crippen MR) is 105 cm³/mol. The molecule has 0 bridgehead atoms.